The van der Waals surface area contributed by atoms with Crippen molar-refractivity contribution in [1.29, 1.82) is 0 Å². The Labute approximate surface area is 188 Å². The zero-order valence-electron chi connectivity index (χ0n) is 18.5. The molecule has 0 N–H and O–H groups in total. The van der Waals surface area contributed by atoms with Crippen molar-refractivity contribution < 1.29 is 9.53 Å². The summed E-state index contributed by atoms with van der Waals surface area (Å²) in [7, 11) is 0. The molecule has 4 rings (SSSR count). The fourth-order valence-corrected chi connectivity index (χ4v) is 5.32. The highest BCUT2D eigenvalue weighted by molar-refractivity contribution is 7.99. The molecular formula is C24H30N4O2S. The normalized spacial score (nSPS) is 19.0. The topological polar surface area (TPSA) is 60.2 Å². The van der Waals surface area contributed by atoms with E-state index in [0.29, 0.717) is 24.4 Å². The molecule has 3 aromatic rings. The van der Waals surface area contributed by atoms with Gasteiger partial charge in [-0.2, -0.15) is 0 Å². The number of thioether (sulfide) groups is 1. The zero-order valence-corrected chi connectivity index (χ0v) is 19.3. The molecule has 0 spiro atoms. The van der Waals surface area contributed by atoms with Crippen molar-refractivity contribution >= 4 is 28.4 Å². The number of fused-ring (bicyclic) bond motifs is 1. The van der Waals surface area contributed by atoms with Crippen LogP contribution >= 0.6 is 11.8 Å². The Morgan fingerprint density at radius 1 is 1.10 bits per heavy atom. The number of hydrogen-bond donors (Lipinski definition) is 0. The van der Waals surface area contributed by atoms with Crippen LogP contribution in [0, 0.1) is 0 Å². The summed E-state index contributed by atoms with van der Waals surface area (Å²) in [5.41, 5.74) is 0. The van der Waals surface area contributed by atoms with Gasteiger partial charge in [0, 0.05) is 24.0 Å². The number of rotatable bonds is 7. The van der Waals surface area contributed by atoms with Gasteiger partial charge in [0.25, 0.3) is 0 Å². The predicted molar refractivity (Wildman–Crippen MR) is 124 cm³/mol. The third-order valence-electron chi connectivity index (χ3n) is 6.02. The predicted octanol–water partition coefficient (Wildman–Crippen LogP) is 4.91. The van der Waals surface area contributed by atoms with Crippen molar-refractivity contribution in [3.8, 4) is 5.75 Å². The van der Waals surface area contributed by atoms with E-state index in [1.807, 2.05) is 33.7 Å². The summed E-state index contributed by atoms with van der Waals surface area (Å²) in [6.45, 7) is 7.42. The van der Waals surface area contributed by atoms with Crippen LogP contribution in [0.2, 0.25) is 0 Å². The van der Waals surface area contributed by atoms with Crippen LogP contribution in [-0.4, -0.2) is 43.4 Å². The number of amides is 1. The molecule has 0 radical (unpaired) electrons. The molecule has 2 heterocycles. The van der Waals surface area contributed by atoms with E-state index in [0.717, 1.165) is 46.9 Å². The summed E-state index contributed by atoms with van der Waals surface area (Å²) in [5, 5.41) is 11.7. The Kier molecular flexibility index (Phi) is 6.80. The van der Waals surface area contributed by atoms with Gasteiger partial charge in [-0.25, -0.2) is 0 Å². The van der Waals surface area contributed by atoms with E-state index in [4.69, 9.17) is 4.74 Å². The maximum absolute atomic E-state index is 12.9. The Balaban J connectivity index is 1.42. The van der Waals surface area contributed by atoms with Crippen LogP contribution in [0.1, 0.15) is 45.9 Å². The molecule has 2 unspecified atom stereocenters. The quantitative estimate of drug-likeness (QED) is 0.491. The van der Waals surface area contributed by atoms with Gasteiger partial charge in [0.05, 0.1) is 5.75 Å². The fourth-order valence-electron chi connectivity index (χ4n) is 4.43. The Hall–Kier alpha value is -2.54. The SMILES string of the molecule is CCn1c(COc2cccc3ccccc23)nnc1SCC(=O)N1C(C)CCCC1C. The largest absolute Gasteiger partial charge is 0.485 e. The molecule has 1 aliphatic rings. The van der Waals surface area contributed by atoms with Gasteiger partial charge >= 0.3 is 0 Å². The lowest BCUT2D eigenvalue weighted by Crippen LogP contribution is -2.48. The molecule has 0 saturated carbocycles. The third kappa shape index (κ3) is 4.71. The average Bonchev–Trinajstić information content (AvgIpc) is 3.18. The van der Waals surface area contributed by atoms with E-state index in [2.05, 4.69) is 49.2 Å². The van der Waals surface area contributed by atoms with Crippen LogP contribution < -0.4 is 4.74 Å². The van der Waals surface area contributed by atoms with Crippen LogP contribution in [-0.2, 0) is 17.9 Å². The van der Waals surface area contributed by atoms with Gasteiger partial charge < -0.3 is 14.2 Å². The van der Waals surface area contributed by atoms with Crippen LogP contribution in [0.15, 0.2) is 47.6 Å². The summed E-state index contributed by atoms with van der Waals surface area (Å²) in [6.07, 6.45) is 3.37. The van der Waals surface area contributed by atoms with Crippen molar-refractivity contribution in [2.75, 3.05) is 5.75 Å². The van der Waals surface area contributed by atoms with Crippen molar-refractivity contribution in [3.05, 3.63) is 48.3 Å². The number of likely N-dealkylation sites (tertiary alicyclic amines) is 1. The van der Waals surface area contributed by atoms with Crippen LogP contribution in [0.3, 0.4) is 0 Å². The first-order valence-electron chi connectivity index (χ1n) is 11.0. The number of carbonyl (C=O) groups is 1. The molecule has 31 heavy (non-hydrogen) atoms. The fraction of sp³-hybridized carbons (Fsp3) is 0.458. The van der Waals surface area contributed by atoms with Crippen LogP contribution in [0.4, 0.5) is 0 Å². The minimum atomic E-state index is 0.184. The molecule has 0 aliphatic carbocycles. The molecule has 0 bridgehead atoms. The number of piperidine rings is 1. The summed E-state index contributed by atoms with van der Waals surface area (Å²) in [5.74, 6) is 2.17. The highest BCUT2D eigenvalue weighted by atomic mass is 32.2. The van der Waals surface area contributed by atoms with Crippen LogP contribution in [0.5, 0.6) is 5.75 Å². The lowest BCUT2D eigenvalue weighted by Gasteiger charge is -2.39. The van der Waals surface area contributed by atoms with Gasteiger partial charge in [0.2, 0.25) is 5.91 Å². The van der Waals surface area contributed by atoms with Crippen molar-refractivity contribution in [3.63, 3.8) is 0 Å². The summed E-state index contributed by atoms with van der Waals surface area (Å²) >= 11 is 1.47. The molecule has 1 aliphatic heterocycles. The molecule has 164 valence electrons. The van der Waals surface area contributed by atoms with E-state index in [1.54, 1.807) is 0 Å². The molecule has 2 aromatic carbocycles. The molecule has 1 amide bonds. The van der Waals surface area contributed by atoms with Crippen molar-refractivity contribution in [2.45, 2.75) is 70.4 Å². The zero-order chi connectivity index (χ0) is 21.8. The first-order chi connectivity index (χ1) is 15.1. The second kappa shape index (κ2) is 9.73. The molecule has 6 nitrogen and oxygen atoms in total. The monoisotopic (exact) mass is 438 g/mol. The maximum atomic E-state index is 12.9. The summed E-state index contributed by atoms with van der Waals surface area (Å²) < 4.78 is 8.14. The van der Waals surface area contributed by atoms with Crippen molar-refractivity contribution in [1.82, 2.24) is 19.7 Å². The Bertz CT molecular complexity index is 1040. The van der Waals surface area contributed by atoms with E-state index in [1.165, 1.54) is 18.2 Å². The lowest BCUT2D eigenvalue weighted by atomic mass is 9.98. The number of benzene rings is 2. The number of carbonyl (C=O) groups excluding carboxylic acids is 1. The van der Waals surface area contributed by atoms with E-state index in [-0.39, 0.29) is 5.91 Å². The standard InChI is InChI=1S/C24H30N4O2S/c1-4-27-22(15-30-21-14-8-12-19-11-5-6-13-20(19)21)25-26-24(27)31-16-23(29)28-17(2)9-7-10-18(28)3/h5-6,8,11-14,17-18H,4,7,9-10,15-16H2,1-3H3. The Morgan fingerprint density at radius 2 is 1.84 bits per heavy atom. The van der Waals surface area contributed by atoms with Gasteiger partial charge in [-0.1, -0.05) is 48.2 Å². The van der Waals surface area contributed by atoms with Gasteiger partial charge in [-0.15, -0.1) is 10.2 Å². The first kappa shape index (κ1) is 21.7. The molecule has 2 atom stereocenters. The van der Waals surface area contributed by atoms with Crippen LogP contribution in [0.25, 0.3) is 10.8 Å². The molecule has 1 fully saturated rings. The molecule has 1 aromatic heterocycles. The minimum Gasteiger partial charge on any atom is -0.485 e. The average molecular weight is 439 g/mol. The molecule has 1 saturated heterocycles. The number of ether oxygens (including phenoxy) is 1. The maximum Gasteiger partial charge on any atom is 0.233 e. The second-order valence-corrected chi connectivity index (χ2v) is 9.07. The van der Waals surface area contributed by atoms with E-state index in [9.17, 15) is 4.79 Å². The number of nitrogens with zero attached hydrogens (tertiary/aromatic N) is 4. The highest BCUT2D eigenvalue weighted by Crippen LogP contribution is 2.27. The van der Waals surface area contributed by atoms with Gasteiger partial charge in [-0.3, -0.25) is 4.79 Å². The summed E-state index contributed by atoms with van der Waals surface area (Å²) in [4.78, 5) is 14.9. The molecule has 7 heteroatoms. The Morgan fingerprint density at radius 3 is 2.61 bits per heavy atom. The van der Waals surface area contributed by atoms with Gasteiger partial charge in [0.15, 0.2) is 11.0 Å². The van der Waals surface area contributed by atoms with E-state index >= 15 is 0 Å². The highest BCUT2D eigenvalue weighted by Gasteiger charge is 2.29. The second-order valence-electron chi connectivity index (χ2n) is 8.13. The third-order valence-corrected chi connectivity index (χ3v) is 6.97. The van der Waals surface area contributed by atoms with Gasteiger partial charge in [0.1, 0.15) is 12.4 Å². The lowest BCUT2D eigenvalue weighted by molar-refractivity contribution is -0.134. The van der Waals surface area contributed by atoms with Crippen molar-refractivity contribution in [2.24, 2.45) is 0 Å². The molecular weight excluding hydrogens is 408 g/mol. The minimum absolute atomic E-state index is 0.184. The number of aromatic nitrogens is 3. The smallest absolute Gasteiger partial charge is 0.233 e. The number of hydrogen-bond acceptors (Lipinski definition) is 5. The summed E-state index contributed by atoms with van der Waals surface area (Å²) in [6, 6.07) is 14.8. The van der Waals surface area contributed by atoms with E-state index < -0.39 is 0 Å². The first-order valence-corrected chi connectivity index (χ1v) is 12.0. The van der Waals surface area contributed by atoms with Gasteiger partial charge in [-0.05, 0) is 51.5 Å².